The van der Waals surface area contributed by atoms with Crippen molar-refractivity contribution in [3.8, 4) is 6.07 Å². The second-order valence-corrected chi connectivity index (χ2v) is 7.08. The van der Waals surface area contributed by atoms with Gasteiger partial charge in [0.15, 0.2) is 5.76 Å². The third kappa shape index (κ3) is 4.09. The second kappa shape index (κ2) is 8.75. The molecule has 2 heterocycles. The zero-order valence-electron chi connectivity index (χ0n) is 16.3. The summed E-state index contributed by atoms with van der Waals surface area (Å²) in [4.78, 5) is 29.1. The van der Waals surface area contributed by atoms with Gasteiger partial charge in [-0.1, -0.05) is 12.1 Å². The third-order valence-electron chi connectivity index (χ3n) is 5.48. The maximum Gasteiger partial charge on any atom is 0.289 e. The molecule has 0 spiro atoms. The lowest BCUT2D eigenvalue weighted by Gasteiger charge is -2.36. The van der Waals surface area contributed by atoms with Crippen LogP contribution in [0, 0.1) is 17.2 Å². The van der Waals surface area contributed by atoms with Crippen LogP contribution in [0.4, 0.5) is 0 Å². The average Bonchev–Trinajstić information content (AvgIpc) is 3.28. The predicted molar refractivity (Wildman–Crippen MR) is 104 cm³/mol. The topological polar surface area (TPSA) is 77.6 Å². The summed E-state index contributed by atoms with van der Waals surface area (Å²) in [5.74, 6) is 0.273. The van der Waals surface area contributed by atoms with Crippen LogP contribution in [-0.4, -0.2) is 41.2 Å². The van der Waals surface area contributed by atoms with Gasteiger partial charge >= 0.3 is 0 Å². The quantitative estimate of drug-likeness (QED) is 0.795. The van der Waals surface area contributed by atoms with E-state index in [1.165, 1.54) is 6.26 Å². The minimum atomic E-state index is -0.116. The molecule has 0 saturated carbocycles. The van der Waals surface area contributed by atoms with Crippen molar-refractivity contribution in [2.75, 3.05) is 19.6 Å². The zero-order chi connectivity index (χ0) is 20.1. The number of carbonyl (C=O) groups is 2. The molecule has 1 aliphatic heterocycles. The van der Waals surface area contributed by atoms with Crippen LogP contribution in [0.15, 0.2) is 47.1 Å². The molecule has 3 rings (SSSR count). The fourth-order valence-corrected chi connectivity index (χ4v) is 3.76. The first-order valence-corrected chi connectivity index (χ1v) is 9.68. The summed E-state index contributed by atoms with van der Waals surface area (Å²) in [7, 11) is 0. The molecule has 1 aliphatic rings. The smallest absolute Gasteiger partial charge is 0.289 e. The van der Waals surface area contributed by atoms with Crippen LogP contribution in [0.5, 0.6) is 0 Å². The maximum atomic E-state index is 13.1. The first kappa shape index (κ1) is 19.7. The Balaban J connectivity index is 1.62. The third-order valence-corrected chi connectivity index (χ3v) is 5.48. The monoisotopic (exact) mass is 379 g/mol. The van der Waals surface area contributed by atoms with Gasteiger partial charge in [0.1, 0.15) is 0 Å². The van der Waals surface area contributed by atoms with Crippen LogP contribution < -0.4 is 0 Å². The van der Waals surface area contributed by atoms with Crippen LogP contribution in [0.1, 0.15) is 54.4 Å². The summed E-state index contributed by atoms with van der Waals surface area (Å²) in [5, 5.41) is 8.95. The SMILES string of the molecule is CCN(C(=O)C1CCN(C(=O)c2ccco2)CC1)C(C)c1ccc(C#N)cc1. The van der Waals surface area contributed by atoms with Gasteiger partial charge in [-0.2, -0.15) is 5.26 Å². The number of carbonyl (C=O) groups excluding carboxylic acids is 2. The van der Waals surface area contributed by atoms with Gasteiger partial charge in [0.25, 0.3) is 5.91 Å². The van der Waals surface area contributed by atoms with Crippen molar-refractivity contribution >= 4 is 11.8 Å². The van der Waals surface area contributed by atoms with Crippen molar-refractivity contribution in [2.24, 2.45) is 5.92 Å². The first-order chi connectivity index (χ1) is 13.5. The molecule has 146 valence electrons. The molecule has 0 aliphatic carbocycles. The van der Waals surface area contributed by atoms with E-state index in [0.29, 0.717) is 43.8 Å². The van der Waals surface area contributed by atoms with Crippen molar-refractivity contribution in [2.45, 2.75) is 32.7 Å². The molecule has 6 heteroatoms. The molecule has 1 atom stereocenters. The average molecular weight is 379 g/mol. The van der Waals surface area contributed by atoms with Crippen molar-refractivity contribution in [1.29, 1.82) is 5.26 Å². The highest BCUT2D eigenvalue weighted by molar-refractivity contribution is 5.91. The largest absolute Gasteiger partial charge is 0.459 e. The van der Waals surface area contributed by atoms with Crippen LogP contribution in [0.3, 0.4) is 0 Å². The fraction of sp³-hybridized carbons (Fsp3) is 0.409. The molecule has 2 aromatic rings. The van der Waals surface area contributed by atoms with Crippen LogP contribution in [0.25, 0.3) is 0 Å². The molecule has 0 radical (unpaired) electrons. The van der Waals surface area contributed by atoms with Gasteiger partial charge in [-0.3, -0.25) is 9.59 Å². The summed E-state index contributed by atoms with van der Waals surface area (Å²) in [6, 6.07) is 12.8. The van der Waals surface area contributed by atoms with E-state index in [4.69, 9.17) is 9.68 Å². The summed E-state index contributed by atoms with van der Waals surface area (Å²) < 4.78 is 5.19. The lowest BCUT2D eigenvalue weighted by molar-refractivity contribution is -0.139. The highest BCUT2D eigenvalue weighted by Crippen LogP contribution is 2.27. The number of hydrogen-bond acceptors (Lipinski definition) is 4. The van der Waals surface area contributed by atoms with Gasteiger partial charge in [0.05, 0.1) is 23.9 Å². The Bertz CT molecular complexity index is 844. The van der Waals surface area contributed by atoms with E-state index in [-0.39, 0.29) is 23.8 Å². The number of nitriles is 1. The van der Waals surface area contributed by atoms with Crippen molar-refractivity contribution in [3.05, 3.63) is 59.5 Å². The number of rotatable bonds is 5. The van der Waals surface area contributed by atoms with E-state index in [2.05, 4.69) is 6.07 Å². The van der Waals surface area contributed by atoms with Crippen LogP contribution in [0.2, 0.25) is 0 Å². The number of benzene rings is 1. The van der Waals surface area contributed by atoms with Gasteiger partial charge in [-0.05, 0) is 56.5 Å². The zero-order valence-corrected chi connectivity index (χ0v) is 16.3. The van der Waals surface area contributed by atoms with Gasteiger partial charge in [-0.25, -0.2) is 0 Å². The first-order valence-electron chi connectivity index (χ1n) is 9.68. The molecule has 1 saturated heterocycles. The predicted octanol–water partition coefficient (Wildman–Crippen LogP) is 3.61. The van der Waals surface area contributed by atoms with Crippen LogP contribution in [-0.2, 0) is 4.79 Å². The number of amides is 2. The maximum absolute atomic E-state index is 13.1. The molecular formula is C22H25N3O3. The Morgan fingerprint density at radius 3 is 2.46 bits per heavy atom. The fourth-order valence-electron chi connectivity index (χ4n) is 3.76. The van der Waals surface area contributed by atoms with Crippen LogP contribution >= 0.6 is 0 Å². The van der Waals surface area contributed by atoms with E-state index in [0.717, 1.165) is 5.56 Å². The number of furan rings is 1. The van der Waals surface area contributed by atoms with E-state index < -0.39 is 0 Å². The van der Waals surface area contributed by atoms with E-state index in [1.54, 1.807) is 29.2 Å². The van der Waals surface area contributed by atoms with E-state index in [1.807, 2.05) is 30.9 Å². The molecule has 1 unspecified atom stereocenters. The van der Waals surface area contributed by atoms with Crippen molar-refractivity contribution < 1.29 is 14.0 Å². The molecule has 6 nitrogen and oxygen atoms in total. The highest BCUT2D eigenvalue weighted by Gasteiger charge is 2.32. The van der Waals surface area contributed by atoms with Gasteiger partial charge in [-0.15, -0.1) is 0 Å². The Kier molecular flexibility index (Phi) is 6.15. The molecule has 1 fully saturated rings. The van der Waals surface area contributed by atoms with E-state index in [9.17, 15) is 9.59 Å². The lowest BCUT2D eigenvalue weighted by Crippen LogP contribution is -2.45. The second-order valence-electron chi connectivity index (χ2n) is 7.08. The summed E-state index contributed by atoms with van der Waals surface area (Å²) in [6.45, 7) is 5.72. The molecule has 2 amide bonds. The van der Waals surface area contributed by atoms with Crippen molar-refractivity contribution in [3.63, 3.8) is 0 Å². The Hall–Kier alpha value is -3.07. The molecule has 1 aromatic heterocycles. The lowest BCUT2D eigenvalue weighted by atomic mass is 9.93. The van der Waals surface area contributed by atoms with Gasteiger partial charge in [0.2, 0.25) is 5.91 Å². The summed E-state index contributed by atoms with van der Waals surface area (Å²) >= 11 is 0. The van der Waals surface area contributed by atoms with Crippen molar-refractivity contribution in [1.82, 2.24) is 9.80 Å². The van der Waals surface area contributed by atoms with E-state index >= 15 is 0 Å². The summed E-state index contributed by atoms with van der Waals surface area (Å²) in [6.07, 6.45) is 2.80. The Morgan fingerprint density at radius 1 is 1.25 bits per heavy atom. The Morgan fingerprint density at radius 2 is 1.93 bits per heavy atom. The number of nitrogens with zero attached hydrogens (tertiary/aromatic N) is 3. The molecular weight excluding hydrogens is 354 g/mol. The molecule has 28 heavy (non-hydrogen) atoms. The minimum Gasteiger partial charge on any atom is -0.459 e. The molecule has 0 bridgehead atoms. The van der Waals surface area contributed by atoms with Gasteiger partial charge in [0, 0.05) is 25.6 Å². The minimum absolute atomic E-state index is 0.0620. The Labute approximate surface area is 165 Å². The molecule has 1 aromatic carbocycles. The highest BCUT2D eigenvalue weighted by atomic mass is 16.3. The van der Waals surface area contributed by atoms with Gasteiger partial charge < -0.3 is 14.2 Å². The number of piperidine rings is 1. The standard InChI is InChI=1S/C22H25N3O3/c1-3-25(16(2)18-8-6-17(15-23)7-9-18)21(26)19-10-12-24(13-11-19)22(27)20-5-4-14-28-20/h4-9,14,16,19H,3,10-13H2,1-2H3. The normalized spacial score (nSPS) is 15.7. The summed E-state index contributed by atoms with van der Waals surface area (Å²) in [5.41, 5.74) is 1.62. The molecule has 0 N–H and O–H groups in total. The number of likely N-dealkylation sites (tertiary alicyclic amines) is 1. The number of hydrogen-bond donors (Lipinski definition) is 0.